The minimum atomic E-state index is -0.299. The third-order valence-electron chi connectivity index (χ3n) is 8.32. The van der Waals surface area contributed by atoms with E-state index in [1.807, 2.05) is 80.6 Å². The van der Waals surface area contributed by atoms with Crippen LogP contribution in [0.4, 0.5) is 27.7 Å². The largest absolute Gasteiger partial charge is 0.497 e. The van der Waals surface area contributed by atoms with Crippen LogP contribution >= 0.6 is 0 Å². The summed E-state index contributed by atoms with van der Waals surface area (Å²) in [7, 11) is 3.29. The fourth-order valence-corrected chi connectivity index (χ4v) is 5.60. The number of carbonyl (C=O) groups is 2. The first-order chi connectivity index (χ1) is 22.7. The van der Waals surface area contributed by atoms with Crippen molar-refractivity contribution < 1.29 is 14.3 Å². The van der Waals surface area contributed by atoms with E-state index in [4.69, 9.17) is 9.72 Å². The summed E-state index contributed by atoms with van der Waals surface area (Å²) in [5.74, 6) is 0.692. The molecule has 3 amide bonds. The molecule has 5 aromatic rings. The lowest BCUT2D eigenvalue weighted by molar-refractivity contribution is 0.0951. The molecule has 0 atom stereocenters. The third kappa shape index (κ3) is 6.57. The number of hydrogen-bond acceptors (Lipinski definition) is 6. The highest BCUT2D eigenvalue weighted by atomic mass is 16.5. The van der Waals surface area contributed by atoms with Crippen LogP contribution < -0.4 is 30.7 Å². The quantitative estimate of drug-likeness (QED) is 0.202. The lowest BCUT2D eigenvalue weighted by Gasteiger charge is -2.22. The van der Waals surface area contributed by atoms with Crippen molar-refractivity contribution in [1.29, 1.82) is 0 Å². The predicted molar refractivity (Wildman–Crippen MR) is 185 cm³/mol. The minimum Gasteiger partial charge on any atom is -0.497 e. The Morgan fingerprint density at radius 3 is 2.28 bits per heavy atom. The van der Waals surface area contributed by atoms with Crippen LogP contribution in [-0.2, 0) is 13.6 Å². The number of aromatic nitrogens is 2. The van der Waals surface area contributed by atoms with Gasteiger partial charge in [-0.3, -0.25) is 19.4 Å². The summed E-state index contributed by atoms with van der Waals surface area (Å²) in [6.07, 6.45) is 1.69. The highest BCUT2D eigenvalue weighted by Gasteiger charge is 2.32. The van der Waals surface area contributed by atoms with Gasteiger partial charge in [-0.1, -0.05) is 42.0 Å². The number of amides is 3. The summed E-state index contributed by atoms with van der Waals surface area (Å²) in [4.78, 5) is 47.6. The number of benzene rings is 4. The van der Waals surface area contributed by atoms with Crippen molar-refractivity contribution in [3.05, 3.63) is 130 Å². The van der Waals surface area contributed by atoms with Crippen LogP contribution in [0.5, 0.6) is 5.75 Å². The van der Waals surface area contributed by atoms with Crippen molar-refractivity contribution in [2.24, 2.45) is 7.05 Å². The Labute approximate surface area is 273 Å². The van der Waals surface area contributed by atoms with Gasteiger partial charge in [-0.15, -0.1) is 0 Å². The molecule has 0 unspecified atom stereocenters. The molecule has 1 aliphatic rings. The van der Waals surface area contributed by atoms with Gasteiger partial charge in [-0.05, 0) is 79.6 Å². The van der Waals surface area contributed by atoms with Gasteiger partial charge in [0.2, 0.25) is 0 Å². The topological polar surface area (TPSA) is 109 Å². The highest BCUT2D eigenvalue weighted by Crippen LogP contribution is 2.33. The molecule has 2 heterocycles. The summed E-state index contributed by atoms with van der Waals surface area (Å²) in [6.45, 7) is 5.51. The first kappa shape index (κ1) is 31.1. The molecule has 2 N–H and O–H groups in total. The number of nitrogens with zero attached hydrogens (tertiary/aromatic N) is 4. The monoisotopic (exact) mass is 628 g/mol. The molecule has 10 nitrogen and oxygen atoms in total. The van der Waals surface area contributed by atoms with E-state index in [1.54, 1.807) is 54.4 Å². The second-order valence-corrected chi connectivity index (χ2v) is 11.5. The lowest BCUT2D eigenvalue weighted by Crippen LogP contribution is -2.32. The van der Waals surface area contributed by atoms with Gasteiger partial charge in [0.25, 0.3) is 11.5 Å². The molecule has 1 aromatic heterocycles. The molecule has 0 bridgehead atoms. The Morgan fingerprint density at radius 1 is 0.872 bits per heavy atom. The number of hydrogen-bond donors (Lipinski definition) is 2. The summed E-state index contributed by atoms with van der Waals surface area (Å²) >= 11 is 0. The number of carbonyl (C=O) groups excluding carboxylic acids is 2. The molecule has 1 fully saturated rings. The first-order valence-corrected chi connectivity index (χ1v) is 15.3. The van der Waals surface area contributed by atoms with E-state index in [-0.39, 0.29) is 23.3 Å². The van der Waals surface area contributed by atoms with Gasteiger partial charge in [0.05, 0.1) is 12.8 Å². The average Bonchev–Trinajstić information content (AvgIpc) is 3.47. The van der Waals surface area contributed by atoms with Crippen LogP contribution in [0.1, 0.15) is 27.0 Å². The molecule has 238 valence electrons. The summed E-state index contributed by atoms with van der Waals surface area (Å²) in [6, 6.07) is 28.0. The normalized spacial score (nSPS) is 12.7. The highest BCUT2D eigenvalue weighted by molar-refractivity contribution is 6.07. The molecule has 0 saturated carbocycles. The third-order valence-corrected chi connectivity index (χ3v) is 8.32. The van der Waals surface area contributed by atoms with Crippen molar-refractivity contribution in [1.82, 2.24) is 14.9 Å². The zero-order valence-corrected chi connectivity index (χ0v) is 26.8. The van der Waals surface area contributed by atoms with Gasteiger partial charge < -0.3 is 19.9 Å². The number of nitrogens with one attached hydrogen (secondary N) is 2. The van der Waals surface area contributed by atoms with Gasteiger partial charge in [0.15, 0.2) is 5.82 Å². The second kappa shape index (κ2) is 13.2. The Hall–Kier alpha value is -5.90. The second-order valence-electron chi connectivity index (χ2n) is 11.5. The summed E-state index contributed by atoms with van der Waals surface area (Å²) in [5, 5.41) is 6.04. The summed E-state index contributed by atoms with van der Waals surface area (Å²) < 4.78 is 6.66. The van der Waals surface area contributed by atoms with Gasteiger partial charge in [-0.25, -0.2) is 9.78 Å². The van der Waals surface area contributed by atoms with Crippen molar-refractivity contribution in [3.63, 3.8) is 0 Å². The van der Waals surface area contributed by atoms with Gasteiger partial charge in [0.1, 0.15) is 5.75 Å². The van der Waals surface area contributed by atoms with E-state index in [9.17, 15) is 14.4 Å². The zero-order chi connectivity index (χ0) is 33.1. The number of urea groups is 1. The van der Waals surface area contributed by atoms with E-state index in [0.717, 1.165) is 39.4 Å². The summed E-state index contributed by atoms with van der Waals surface area (Å²) in [5.41, 5.74) is 6.85. The van der Waals surface area contributed by atoms with E-state index < -0.39 is 0 Å². The maximum Gasteiger partial charge on any atom is 0.329 e. The maximum atomic E-state index is 13.5. The number of aryl methyl sites for hydroxylation is 2. The molecule has 47 heavy (non-hydrogen) atoms. The van der Waals surface area contributed by atoms with Crippen LogP contribution in [0.2, 0.25) is 0 Å². The van der Waals surface area contributed by atoms with Crippen LogP contribution in [0.3, 0.4) is 0 Å². The first-order valence-electron chi connectivity index (χ1n) is 15.3. The molecule has 1 aliphatic heterocycles. The molecule has 0 aliphatic carbocycles. The standard InChI is InChI=1S/C37H36N6O4/c1-24-8-16-29(17-9-24)42-20-21-43(37(42)46)33-7-5-6-31(25(33)2)32-23-41(3)36(45)34(40-32)39-28-14-12-27(13-15-28)35(44)38-22-26-10-18-30(47-4)19-11-26/h5-19,23H,20-22H2,1-4H3,(H,38,44)(H,39,40). The smallest absolute Gasteiger partial charge is 0.329 e. The van der Waals surface area contributed by atoms with Crippen LogP contribution in [0, 0.1) is 13.8 Å². The molecular formula is C37H36N6O4. The van der Waals surface area contributed by atoms with Crippen LogP contribution in [-0.4, -0.2) is 41.7 Å². The van der Waals surface area contributed by atoms with E-state index in [1.165, 1.54) is 4.57 Å². The number of methoxy groups -OCH3 is 1. The van der Waals surface area contributed by atoms with E-state index >= 15 is 0 Å². The van der Waals surface area contributed by atoms with Crippen LogP contribution in [0.15, 0.2) is 102 Å². The van der Waals surface area contributed by atoms with Gasteiger partial charge in [-0.2, -0.15) is 0 Å². The molecular weight excluding hydrogens is 592 g/mol. The molecule has 4 aromatic carbocycles. The van der Waals surface area contributed by atoms with Crippen molar-refractivity contribution in [2.45, 2.75) is 20.4 Å². The zero-order valence-electron chi connectivity index (χ0n) is 26.8. The molecule has 0 radical (unpaired) electrons. The number of rotatable bonds is 9. The fourth-order valence-electron chi connectivity index (χ4n) is 5.60. The average molecular weight is 629 g/mol. The van der Waals surface area contributed by atoms with Gasteiger partial charge in [0, 0.05) is 61.1 Å². The SMILES string of the molecule is COc1ccc(CNC(=O)c2ccc(Nc3nc(-c4cccc(N5CCN(c6ccc(C)cc6)C5=O)c4C)cn(C)c3=O)cc2)cc1. The van der Waals surface area contributed by atoms with Crippen molar-refractivity contribution >= 4 is 34.8 Å². The number of ether oxygens (including phenoxy) is 1. The Balaban J connectivity index is 1.18. The van der Waals surface area contributed by atoms with Gasteiger partial charge >= 0.3 is 6.03 Å². The minimum absolute atomic E-state index is 0.0808. The Bertz CT molecular complexity index is 1990. The van der Waals surface area contributed by atoms with E-state index in [0.29, 0.717) is 36.6 Å². The van der Waals surface area contributed by atoms with Crippen LogP contribution in [0.25, 0.3) is 11.3 Å². The predicted octanol–water partition coefficient (Wildman–Crippen LogP) is 6.19. The Morgan fingerprint density at radius 2 is 1.57 bits per heavy atom. The fraction of sp³-hybridized carbons (Fsp3) is 0.189. The molecule has 6 rings (SSSR count). The molecule has 10 heteroatoms. The van der Waals surface area contributed by atoms with E-state index in [2.05, 4.69) is 10.6 Å². The Kier molecular flexibility index (Phi) is 8.75. The maximum absolute atomic E-state index is 13.5. The van der Waals surface area contributed by atoms with Crippen molar-refractivity contribution in [2.75, 3.05) is 35.3 Å². The molecule has 1 saturated heterocycles. The lowest BCUT2D eigenvalue weighted by atomic mass is 10.0. The van der Waals surface area contributed by atoms with Crippen molar-refractivity contribution in [3.8, 4) is 17.0 Å². The molecule has 0 spiro atoms. The number of anilines is 4.